The molecule has 0 aliphatic rings. The van der Waals surface area contributed by atoms with E-state index >= 15 is 0 Å². The average molecular weight is 454 g/mol. The molecule has 32 heavy (non-hydrogen) atoms. The molecule has 3 aromatic carbocycles. The summed E-state index contributed by atoms with van der Waals surface area (Å²) in [6.45, 7) is 2.22. The zero-order valence-corrected chi connectivity index (χ0v) is 18.8. The van der Waals surface area contributed by atoms with Crippen molar-refractivity contribution in [2.24, 2.45) is 5.73 Å². The van der Waals surface area contributed by atoms with E-state index in [-0.39, 0.29) is 23.0 Å². The Kier molecular flexibility index (Phi) is 8.16. The summed E-state index contributed by atoms with van der Waals surface area (Å²) in [5.74, 6) is 0.0779. The van der Waals surface area contributed by atoms with Crippen LogP contribution in [0.4, 0.5) is 0 Å². The van der Waals surface area contributed by atoms with Gasteiger partial charge in [0, 0.05) is 0 Å². The number of Topliss-reactive ketones (excluding diaryl/α,β-unsaturated/α-hetero) is 1. The zero-order valence-electron chi connectivity index (χ0n) is 17.9. The number of carbonyl (C=O) groups excluding carboxylic acids is 1. The molecule has 0 radical (unpaired) electrons. The number of ketones is 1. The summed E-state index contributed by atoms with van der Waals surface area (Å²) in [4.78, 5) is 12.3. The van der Waals surface area contributed by atoms with Crippen LogP contribution in [-0.2, 0) is 32.7 Å². The quantitative estimate of drug-likeness (QED) is 0.444. The highest BCUT2D eigenvalue weighted by Gasteiger charge is 2.17. The SMILES string of the molecule is Cc1ccc(S(=O)(=O)Oc2ccc(CCC(N)C(=O)COCc3ccccc3)cc2)cc1. The van der Waals surface area contributed by atoms with Crippen molar-refractivity contribution < 1.29 is 22.1 Å². The predicted molar refractivity (Wildman–Crippen MR) is 123 cm³/mol. The molecular weight excluding hydrogens is 426 g/mol. The lowest BCUT2D eigenvalue weighted by Gasteiger charge is -2.12. The highest BCUT2D eigenvalue weighted by atomic mass is 32.2. The van der Waals surface area contributed by atoms with Gasteiger partial charge in [0.15, 0.2) is 5.78 Å². The molecule has 0 aliphatic heterocycles. The lowest BCUT2D eigenvalue weighted by Crippen LogP contribution is -2.33. The van der Waals surface area contributed by atoms with E-state index in [2.05, 4.69) is 0 Å². The van der Waals surface area contributed by atoms with Crippen molar-refractivity contribution in [2.45, 2.75) is 37.3 Å². The van der Waals surface area contributed by atoms with Crippen LogP contribution in [0.15, 0.2) is 83.8 Å². The van der Waals surface area contributed by atoms with Crippen LogP contribution >= 0.6 is 0 Å². The Morgan fingerprint density at radius 3 is 2.22 bits per heavy atom. The Labute approximate surface area is 189 Å². The topological polar surface area (TPSA) is 95.7 Å². The van der Waals surface area contributed by atoms with E-state index in [9.17, 15) is 13.2 Å². The summed E-state index contributed by atoms with van der Waals surface area (Å²) >= 11 is 0. The van der Waals surface area contributed by atoms with Gasteiger partial charge in [-0.2, -0.15) is 8.42 Å². The number of rotatable bonds is 11. The minimum absolute atomic E-state index is 0.0281. The molecule has 7 heteroatoms. The summed E-state index contributed by atoms with van der Waals surface area (Å²) < 4.78 is 35.4. The predicted octanol–water partition coefficient (Wildman–Crippen LogP) is 3.81. The molecule has 0 heterocycles. The average Bonchev–Trinajstić information content (AvgIpc) is 2.79. The number of nitrogens with two attached hydrogens (primary N) is 1. The Morgan fingerprint density at radius 1 is 0.906 bits per heavy atom. The zero-order chi connectivity index (χ0) is 23.0. The van der Waals surface area contributed by atoms with Crippen LogP contribution in [0.2, 0.25) is 0 Å². The van der Waals surface area contributed by atoms with E-state index in [0.717, 1.165) is 16.7 Å². The van der Waals surface area contributed by atoms with Gasteiger partial charge in [-0.25, -0.2) is 0 Å². The van der Waals surface area contributed by atoms with Crippen molar-refractivity contribution in [3.8, 4) is 5.75 Å². The number of ether oxygens (including phenoxy) is 1. The third-order valence-electron chi connectivity index (χ3n) is 4.95. The van der Waals surface area contributed by atoms with Gasteiger partial charge in [0.2, 0.25) is 0 Å². The number of carbonyl (C=O) groups is 1. The first-order valence-electron chi connectivity index (χ1n) is 10.3. The lowest BCUT2D eigenvalue weighted by molar-refractivity contribution is -0.125. The van der Waals surface area contributed by atoms with Gasteiger partial charge in [-0.15, -0.1) is 0 Å². The summed E-state index contributed by atoms with van der Waals surface area (Å²) in [5, 5.41) is 0. The van der Waals surface area contributed by atoms with Crippen LogP contribution in [0.25, 0.3) is 0 Å². The number of hydrogen-bond donors (Lipinski definition) is 1. The van der Waals surface area contributed by atoms with Crippen LogP contribution < -0.4 is 9.92 Å². The number of hydrogen-bond acceptors (Lipinski definition) is 6. The molecule has 3 rings (SSSR count). The minimum Gasteiger partial charge on any atom is -0.379 e. The molecule has 0 spiro atoms. The second kappa shape index (κ2) is 11.0. The first kappa shape index (κ1) is 23.7. The molecule has 0 fully saturated rings. The van der Waals surface area contributed by atoms with Gasteiger partial charge in [0.1, 0.15) is 17.3 Å². The van der Waals surface area contributed by atoms with Crippen LogP contribution in [0, 0.1) is 6.92 Å². The molecule has 3 aromatic rings. The second-order valence-corrected chi connectivity index (χ2v) is 9.13. The van der Waals surface area contributed by atoms with Gasteiger partial charge in [0.05, 0.1) is 12.6 Å². The van der Waals surface area contributed by atoms with Gasteiger partial charge in [-0.1, -0.05) is 60.2 Å². The first-order valence-corrected chi connectivity index (χ1v) is 11.7. The van der Waals surface area contributed by atoms with Gasteiger partial charge in [-0.3, -0.25) is 4.79 Å². The molecule has 0 saturated carbocycles. The Morgan fingerprint density at radius 2 is 1.56 bits per heavy atom. The standard InChI is InChI=1S/C25H27NO5S/c1-19-7-14-23(15-8-19)32(28,29)31-22-12-9-20(10-13-22)11-16-24(26)25(27)18-30-17-21-5-3-2-4-6-21/h2-10,12-15,24H,11,16-18,26H2,1H3. The molecule has 6 nitrogen and oxygen atoms in total. The Balaban J connectivity index is 1.45. The first-order chi connectivity index (χ1) is 15.3. The molecule has 2 N–H and O–H groups in total. The van der Waals surface area contributed by atoms with E-state index in [1.165, 1.54) is 12.1 Å². The molecule has 0 amide bonds. The smallest absolute Gasteiger partial charge is 0.339 e. The summed E-state index contributed by atoms with van der Waals surface area (Å²) in [6.07, 6.45) is 1.05. The van der Waals surface area contributed by atoms with Crippen LogP contribution in [0.3, 0.4) is 0 Å². The van der Waals surface area contributed by atoms with Crippen LogP contribution in [0.5, 0.6) is 5.75 Å². The second-order valence-electron chi connectivity index (χ2n) is 7.58. The Bertz CT molecular complexity index is 1110. The Hall–Kier alpha value is -3.00. The number of aryl methyl sites for hydroxylation is 2. The van der Waals surface area contributed by atoms with Gasteiger partial charge >= 0.3 is 10.1 Å². The molecule has 0 bridgehead atoms. The van der Waals surface area contributed by atoms with Gasteiger partial charge in [-0.05, 0) is 55.2 Å². The van der Waals surface area contributed by atoms with Crippen molar-refractivity contribution >= 4 is 15.9 Å². The van der Waals surface area contributed by atoms with Crippen molar-refractivity contribution in [2.75, 3.05) is 6.61 Å². The van der Waals surface area contributed by atoms with Crippen molar-refractivity contribution in [1.29, 1.82) is 0 Å². The molecule has 0 aliphatic carbocycles. The minimum atomic E-state index is -3.89. The fraction of sp³-hybridized carbons (Fsp3) is 0.240. The third kappa shape index (κ3) is 7.02. The third-order valence-corrected chi connectivity index (χ3v) is 6.21. The maximum atomic E-state index is 12.4. The number of benzene rings is 3. The summed E-state index contributed by atoms with van der Waals surface area (Å²) in [6, 6.07) is 22.2. The molecule has 0 aromatic heterocycles. The fourth-order valence-electron chi connectivity index (χ4n) is 3.03. The van der Waals surface area contributed by atoms with Crippen LogP contribution in [0.1, 0.15) is 23.1 Å². The van der Waals surface area contributed by atoms with Crippen molar-refractivity contribution in [3.63, 3.8) is 0 Å². The van der Waals surface area contributed by atoms with E-state index in [4.69, 9.17) is 14.7 Å². The maximum Gasteiger partial charge on any atom is 0.339 e. The largest absolute Gasteiger partial charge is 0.379 e. The van der Waals surface area contributed by atoms with Gasteiger partial charge < -0.3 is 14.7 Å². The molecule has 1 atom stereocenters. The lowest BCUT2D eigenvalue weighted by atomic mass is 10.0. The maximum absolute atomic E-state index is 12.4. The summed E-state index contributed by atoms with van der Waals surface area (Å²) in [7, 11) is -3.89. The highest BCUT2D eigenvalue weighted by Crippen LogP contribution is 2.20. The normalized spacial score (nSPS) is 12.3. The van der Waals surface area contributed by atoms with Crippen molar-refractivity contribution in [1.82, 2.24) is 0 Å². The van der Waals surface area contributed by atoms with E-state index in [0.29, 0.717) is 19.4 Å². The van der Waals surface area contributed by atoms with Gasteiger partial charge in [0.25, 0.3) is 0 Å². The molecule has 168 valence electrons. The monoisotopic (exact) mass is 453 g/mol. The highest BCUT2D eigenvalue weighted by molar-refractivity contribution is 7.87. The molecule has 1 unspecified atom stereocenters. The van der Waals surface area contributed by atoms with E-state index in [1.54, 1.807) is 36.4 Å². The van der Waals surface area contributed by atoms with Crippen LogP contribution in [-0.4, -0.2) is 26.8 Å². The molecule has 0 saturated heterocycles. The fourth-order valence-corrected chi connectivity index (χ4v) is 3.96. The summed E-state index contributed by atoms with van der Waals surface area (Å²) in [5.41, 5.74) is 8.89. The van der Waals surface area contributed by atoms with E-state index in [1.807, 2.05) is 37.3 Å². The van der Waals surface area contributed by atoms with Crippen molar-refractivity contribution in [3.05, 3.63) is 95.6 Å². The van der Waals surface area contributed by atoms with E-state index < -0.39 is 16.2 Å². The molecular formula is C25H27NO5S.